The van der Waals surface area contributed by atoms with Crippen molar-refractivity contribution in [3.05, 3.63) is 28.3 Å². The summed E-state index contributed by atoms with van der Waals surface area (Å²) in [6.07, 6.45) is 1.04. The molecule has 0 unspecified atom stereocenters. The fourth-order valence-electron chi connectivity index (χ4n) is 1.36. The Balaban J connectivity index is 2.52. The van der Waals surface area contributed by atoms with Crippen LogP contribution in [0.25, 0.3) is 0 Å². The van der Waals surface area contributed by atoms with Gasteiger partial charge in [-0.15, -0.1) is 0 Å². The van der Waals surface area contributed by atoms with E-state index in [0.717, 1.165) is 12.5 Å². The normalized spacial score (nSPS) is 10.2. The van der Waals surface area contributed by atoms with E-state index in [1.807, 2.05) is 6.92 Å². The number of benzene rings is 1. The smallest absolute Gasteiger partial charge is 0.273 e. The number of phenolic OH excluding ortho intramolecular Hbond substituents is 1. The van der Waals surface area contributed by atoms with Crippen LogP contribution in [-0.2, 0) is 9.53 Å². The summed E-state index contributed by atoms with van der Waals surface area (Å²) < 4.78 is 5.16. The summed E-state index contributed by atoms with van der Waals surface area (Å²) in [5.74, 6) is -0.655. The Morgan fingerprint density at radius 1 is 1.47 bits per heavy atom. The van der Waals surface area contributed by atoms with Crippen molar-refractivity contribution in [1.82, 2.24) is 0 Å². The lowest BCUT2D eigenvalue weighted by atomic mass is 10.2. The molecule has 0 aliphatic heterocycles. The predicted molar refractivity (Wildman–Crippen MR) is 69.1 cm³/mol. The van der Waals surface area contributed by atoms with E-state index in [2.05, 4.69) is 5.32 Å². The highest BCUT2D eigenvalue weighted by Crippen LogP contribution is 2.27. The second-order valence-corrected chi connectivity index (χ2v) is 3.87. The Labute approximate surface area is 110 Å². The lowest BCUT2D eigenvalue weighted by molar-refractivity contribution is -0.384. The number of carbonyl (C=O) groups excluding carboxylic acids is 1. The Bertz CT molecular complexity index is 461. The maximum Gasteiger partial charge on any atom is 0.273 e. The Hall–Kier alpha value is -2.15. The zero-order chi connectivity index (χ0) is 14.3. The van der Waals surface area contributed by atoms with Crippen molar-refractivity contribution in [3.63, 3.8) is 0 Å². The molecule has 1 rings (SSSR count). The van der Waals surface area contributed by atoms with Crippen molar-refractivity contribution >= 4 is 17.3 Å². The lowest BCUT2D eigenvalue weighted by Gasteiger charge is -2.07. The van der Waals surface area contributed by atoms with Crippen LogP contribution < -0.4 is 5.32 Å². The number of anilines is 1. The van der Waals surface area contributed by atoms with Crippen molar-refractivity contribution in [2.75, 3.05) is 18.5 Å². The van der Waals surface area contributed by atoms with Crippen LogP contribution in [0.4, 0.5) is 11.4 Å². The van der Waals surface area contributed by atoms with Crippen LogP contribution in [-0.4, -0.2) is 29.2 Å². The van der Waals surface area contributed by atoms with Gasteiger partial charge in [0.15, 0.2) is 0 Å². The van der Waals surface area contributed by atoms with Crippen molar-refractivity contribution in [2.45, 2.75) is 19.8 Å². The average molecular weight is 268 g/mol. The predicted octanol–water partition coefficient (Wildman–Crippen LogP) is 2.06. The standard InChI is InChI=1S/C12H16N2O5/c1-2-6-19-7-5-12(16)13-10-4-3-9(14(17)18)8-11(10)15/h3-4,8,15H,2,5-7H2,1H3,(H,13,16). The topological polar surface area (TPSA) is 102 Å². The molecule has 7 heteroatoms. The molecule has 0 fully saturated rings. The van der Waals surface area contributed by atoms with E-state index in [9.17, 15) is 20.0 Å². The van der Waals surface area contributed by atoms with Gasteiger partial charge in [0.05, 0.1) is 29.7 Å². The second kappa shape index (κ2) is 7.32. The number of nitrogens with one attached hydrogen (secondary N) is 1. The number of non-ortho nitro benzene ring substituents is 1. The number of nitrogens with zero attached hydrogens (tertiary/aromatic N) is 1. The first-order valence-electron chi connectivity index (χ1n) is 5.89. The minimum absolute atomic E-state index is 0.145. The van der Waals surface area contributed by atoms with Crippen LogP contribution in [0.2, 0.25) is 0 Å². The van der Waals surface area contributed by atoms with Crippen molar-refractivity contribution < 1.29 is 19.6 Å². The fraction of sp³-hybridized carbons (Fsp3) is 0.417. The van der Waals surface area contributed by atoms with Gasteiger partial charge in [0, 0.05) is 12.7 Å². The highest BCUT2D eigenvalue weighted by Gasteiger charge is 2.11. The molecule has 2 N–H and O–H groups in total. The Morgan fingerprint density at radius 3 is 2.79 bits per heavy atom. The Kier molecular flexibility index (Phi) is 5.74. The van der Waals surface area contributed by atoms with Gasteiger partial charge in [-0.3, -0.25) is 14.9 Å². The number of nitro benzene ring substituents is 1. The largest absolute Gasteiger partial charge is 0.506 e. The molecule has 0 spiro atoms. The molecule has 0 saturated carbocycles. The van der Waals surface area contributed by atoms with Crippen LogP contribution in [0, 0.1) is 10.1 Å². The average Bonchev–Trinajstić information content (AvgIpc) is 2.37. The highest BCUT2D eigenvalue weighted by molar-refractivity contribution is 5.92. The maximum atomic E-state index is 11.5. The lowest BCUT2D eigenvalue weighted by Crippen LogP contribution is -2.14. The zero-order valence-electron chi connectivity index (χ0n) is 10.6. The molecule has 0 aromatic heterocycles. The van der Waals surface area contributed by atoms with Crippen LogP contribution in [0.3, 0.4) is 0 Å². The van der Waals surface area contributed by atoms with E-state index >= 15 is 0 Å². The molecule has 1 amide bonds. The molecular weight excluding hydrogens is 252 g/mol. The minimum Gasteiger partial charge on any atom is -0.506 e. The molecule has 0 atom stereocenters. The number of amides is 1. The summed E-state index contributed by atoms with van der Waals surface area (Å²) in [6, 6.07) is 3.49. The van der Waals surface area contributed by atoms with E-state index < -0.39 is 4.92 Å². The highest BCUT2D eigenvalue weighted by atomic mass is 16.6. The first-order valence-corrected chi connectivity index (χ1v) is 5.89. The molecule has 0 aliphatic carbocycles. The quantitative estimate of drug-likeness (QED) is 0.341. The maximum absolute atomic E-state index is 11.5. The van der Waals surface area contributed by atoms with Gasteiger partial charge in [-0.1, -0.05) is 6.92 Å². The third-order valence-electron chi connectivity index (χ3n) is 2.29. The molecule has 0 aliphatic rings. The summed E-state index contributed by atoms with van der Waals surface area (Å²) in [7, 11) is 0. The van der Waals surface area contributed by atoms with Gasteiger partial charge in [-0.05, 0) is 12.5 Å². The van der Waals surface area contributed by atoms with E-state index in [1.54, 1.807) is 0 Å². The molecule has 0 bridgehead atoms. The third-order valence-corrected chi connectivity index (χ3v) is 2.29. The van der Waals surface area contributed by atoms with Crippen molar-refractivity contribution in [1.29, 1.82) is 0 Å². The van der Waals surface area contributed by atoms with Crippen LogP contribution >= 0.6 is 0 Å². The van der Waals surface area contributed by atoms with Crippen LogP contribution in [0.15, 0.2) is 18.2 Å². The Morgan fingerprint density at radius 2 is 2.21 bits per heavy atom. The summed E-state index contributed by atoms with van der Waals surface area (Å²) >= 11 is 0. The molecule has 0 heterocycles. The molecule has 19 heavy (non-hydrogen) atoms. The molecule has 0 radical (unpaired) electrons. The summed E-state index contributed by atoms with van der Waals surface area (Å²) in [4.78, 5) is 21.4. The van der Waals surface area contributed by atoms with Crippen molar-refractivity contribution in [3.8, 4) is 5.75 Å². The molecular formula is C12H16N2O5. The molecule has 1 aromatic rings. The van der Waals surface area contributed by atoms with E-state index in [-0.39, 0.29) is 29.5 Å². The van der Waals surface area contributed by atoms with Gasteiger partial charge in [-0.2, -0.15) is 0 Å². The third kappa shape index (κ3) is 4.92. The van der Waals surface area contributed by atoms with E-state index in [0.29, 0.717) is 13.2 Å². The first-order chi connectivity index (χ1) is 9.04. The number of carbonyl (C=O) groups is 1. The van der Waals surface area contributed by atoms with Gasteiger partial charge >= 0.3 is 0 Å². The summed E-state index contributed by atoms with van der Waals surface area (Å²) in [6.45, 7) is 2.86. The molecule has 104 valence electrons. The van der Waals surface area contributed by atoms with Gasteiger partial charge in [0.25, 0.3) is 5.69 Å². The van der Waals surface area contributed by atoms with Gasteiger partial charge in [-0.25, -0.2) is 0 Å². The second-order valence-electron chi connectivity index (χ2n) is 3.87. The van der Waals surface area contributed by atoms with E-state index in [1.165, 1.54) is 12.1 Å². The number of rotatable bonds is 7. The van der Waals surface area contributed by atoms with Crippen LogP contribution in [0.5, 0.6) is 5.75 Å². The van der Waals surface area contributed by atoms with Gasteiger partial charge < -0.3 is 15.2 Å². The minimum atomic E-state index is -0.621. The number of hydrogen-bond acceptors (Lipinski definition) is 5. The van der Waals surface area contributed by atoms with Crippen molar-refractivity contribution in [2.24, 2.45) is 0 Å². The van der Waals surface area contributed by atoms with Gasteiger partial charge in [0.1, 0.15) is 5.75 Å². The molecule has 1 aromatic carbocycles. The van der Waals surface area contributed by atoms with Gasteiger partial charge in [0.2, 0.25) is 5.91 Å². The fourth-order valence-corrected chi connectivity index (χ4v) is 1.36. The summed E-state index contributed by atoms with van der Waals surface area (Å²) in [5, 5.41) is 22.5. The molecule has 7 nitrogen and oxygen atoms in total. The number of ether oxygens (including phenoxy) is 1. The number of hydrogen-bond donors (Lipinski definition) is 2. The van der Waals surface area contributed by atoms with Crippen LogP contribution in [0.1, 0.15) is 19.8 Å². The van der Waals surface area contributed by atoms with E-state index in [4.69, 9.17) is 4.74 Å². The number of aromatic hydroxyl groups is 1. The SMILES string of the molecule is CCCOCCC(=O)Nc1ccc([N+](=O)[O-])cc1O. The monoisotopic (exact) mass is 268 g/mol. The number of phenols is 1. The number of nitro groups is 1. The summed E-state index contributed by atoms with van der Waals surface area (Å²) in [5.41, 5.74) is -0.0899. The zero-order valence-corrected chi connectivity index (χ0v) is 10.6. The molecule has 0 saturated heterocycles. The first kappa shape index (κ1) is 14.9.